The third-order valence-corrected chi connectivity index (χ3v) is 1.41. The van der Waals surface area contributed by atoms with Gasteiger partial charge in [-0.15, -0.1) is 0 Å². The Balaban J connectivity index is 3.56. The minimum absolute atomic E-state index is 0.792. The lowest BCUT2D eigenvalue weighted by Crippen LogP contribution is -1.70. The maximum absolute atomic E-state index is 8.02. The molecule has 0 fully saturated rings. The fraction of sp³-hybridized carbons (Fsp3) is 0.400. The van der Waals surface area contributed by atoms with Gasteiger partial charge in [0.1, 0.15) is 0 Å². The van der Waals surface area contributed by atoms with Crippen LogP contribution >= 0.6 is 15.9 Å². The second-order valence-electron chi connectivity index (χ2n) is 1.25. The largest absolute Gasteiger partial charge is 0.193 e. The van der Waals surface area contributed by atoms with Crippen LogP contribution in [-0.2, 0) is 0 Å². The molecule has 0 N–H and O–H groups in total. The van der Waals surface area contributed by atoms with Gasteiger partial charge in [-0.25, -0.2) is 0 Å². The Hall–Kier alpha value is -0.290. The molecule has 2 heteroatoms. The molecular weight excluding hydrogens is 154 g/mol. The van der Waals surface area contributed by atoms with Gasteiger partial charge in [-0.05, 0) is 6.92 Å². The first-order valence-corrected chi connectivity index (χ1v) is 3.04. The molecule has 0 spiro atoms. The molecule has 0 saturated heterocycles. The Labute approximate surface area is 51.8 Å². The van der Waals surface area contributed by atoms with Gasteiger partial charge in [0.2, 0.25) is 0 Å². The highest BCUT2D eigenvalue weighted by atomic mass is 79.9. The molecule has 0 amide bonds. The third-order valence-electron chi connectivity index (χ3n) is 0.522. The molecule has 0 bridgehead atoms. The highest BCUT2D eigenvalue weighted by molar-refractivity contribution is 9.09. The van der Waals surface area contributed by atoms with Crippen molar-refractivity contribution in [3.8, 4) is 6.07 Å². The van der Waals surface area contributed by atoms with E-state index < -0.39 is 0 Å². The lowest BCUT2D eigenvalue weighted by Gasteiger charge is -1.81. The lowest BCUT2D eigenvalue weighted by atomic mass is 10.3. The van der Waals surface area contributed by atoms with Gasteiger partial charge in [0.15, 0.2) is 0 Å². The van der Waals surface area contributed by atoms with Gasteiger partial charge in [0.05, 0.1) is 6.07 Å². The zero-order valence-electron chi connectivity index (χ0n) is 4.11. The summed E-state index contributed by atoms with van der Waals surface area (Å²) < 4.78 is 0. The number of nitriles is 1. The van der Waals surface area contributed by atoms with Crippen LogP contribution in [0.25, 0.3) is 0 Å². The van der Waals surface area contributed by atoms with E-state index in [0.717, 1.165) is 10.9 Å². The second kappa shape index (κ2) is 3.89. The van der Waals surface area contributed by atoms with E-state index in [0.29, 0.717) is 0 Å². The summed E-state index contributed by atoms with van der Waals surface area (Å²) in [5.41, 5.74) is 1.06. The van der Waals surface area contributed by atoms with Crippen molar-refractivity contribution < 1.29 is 0 Å². The first-order chi connectivity index (χ1) is 3.31. The Morgan fingerprint density at radius 3 is 2.71 bits per heavy atom. The summed E-state index contributed by atoms with van der Waals surface area (Å²) in [6.45, 7) is 1.90. The lowest BCUT2D eigenvalue weighted by molar-refractivity contribution is 1.41. The molecule has 7 heavy (non-hydrogen) atoms. The SMILES string of the molecule is C/C(=C\C#N)CBr. The maximum Gasteiger partial charge on any atom is 0.0911 e. The number of rotatable bonds is 1. The van der Waals surface area contributed by atoms with Crippen molar-refractivity contribution >= 4 is 15.9 Å². The topological polar surface area (TPSA) is 23.8 Å². The number of hydrogen-bond donors (Lipinski definition) is 0. The van der Waals surface area contributed by atoms with Crippen LogP contribution < -0.4 is 0 Å². The molecule has 0 aliphatic rings. The Morgan fingerprint density at radius 1 is 2.00 bits per heavy atom. The highest BCUT2D eigenvalue weighted by Gasteiger charge is 1.78. The predicted octanol–water partition coefficient (Wildman–Crippen LogP) is 1.85. The molecule has 0 saturated carbocycles. The van der Waals surface area contributed by atoms with Crippen molar-refractivity contribution in [2.24, 2.45) is 0 Å². The molecule has 0 aliphatic carbocycles. The van der Waals surface area contributed by atoms with Crippen LogP contribution in [0.1, 0.15) is 6.92 Å². The van der Waals surface area contributed by atoms with Gasteiger partial charge < -0.3 is 0 Å². The predicted molar refractivity (Wildman–Crippen MR) is 33.2 cm³/mol. The standard InChI is InChI=1S/C5H6BrN/c1-5(4-6)2-3-7/h2H,4H2,1H3/b5-2+. The van der Waals surface area contributed by atoms with Crippen molar-refractivity contribution in [2.45, 2.75) is 6.92 Å². The summed E-state index contributed by atoms with van der Waals surface area (Å²) in [6, 6.07) is 1.93. The maximum atomic E-state index is 8.02. The van der Waals surface area contributed by atoms with Crippen molar-refractivity contribution in [3.63, 3.8) is 0 Å². The van der Waals surface area contributed by atoms with Gasteiger partial charge >= 0.3 is 0 Å². The minimum atomic E-state index is 0.792. The molecule has 0 radical (unpaired) electrons. The third kappa shape index (κ3) is 3.54. The van der Waals surface area contributed by atoms with Gasteiger partial charge in [-0.1, -0.05) is 21.5 Å². The average molecular weight is 160 g/mol. The molecule has 0 aromatic rings. The monoisotopic (exact) mass is 159 g/mol. The molecule has 0 unspecified atom stereocenters. The first-order valence-electron chi connectivity index (χ1n) is 1.92. The fourth-order valence-corrected chi connectivity index (χ4v) is 0.311. The number of allylic oxidation sites excluding steroid dienone is 2. The molecule has 0 aliphatic heterocycles. The quantitative estimate of drug-likeness (QED) is 0.424. The zero-order valence-corrected chi connectivity index (χ0v) is 5.70. The number of hydrogen-bond acceptors (Lipinski definition) is 1. The van der Waals surface area contributed by atoms with Crippen LogP contribution in [0.5, 0.6) is 0 Å². The normalized spacial score (nSPS) is 10.7. The van der Waals surface area contributed by atoms with E-state index in [1.54, 1.807) is 0 Å². The van der Waals surface area contributed by atoms with Crippen LogP contribution in [0.15, 0.2) is 11.6 Å². The summed E-state index contributed by atoms with van der Waals surface area (Å²) in [6.07, 6.45) is 1.52. The average Bonchev–Trinajstić information content (AvgIpc) is 1.68. The van der Waals surface area contributed by atoms with E-state index in [2.05, 4.69) is 15.9 Å². The van der Waals surface area contributed by atoms with Crippen LogP contribution in [0, 0.1) is 11.3 Å². The highest BCUT2D eigenvalue weighted by Crippen LogP contribution is 1.94. The summed E-state index contributed by atoms with van der Waals surface area (Å²) in [7, 11) is 0. The number of alkyl halides is 1. The summed E-state index contributed by atoms with van der Waals surface area (Å²) in [4.78, 5) is 0. The van der Waals surface area contributed by atoms with Crippen molar-refractivity contribution in [3.05, 3.63) is 11.6 Å². The molecular formula is C5H6BrN. The van der Waals surface area contributed by atoms with Gasteiger partial charge in [0, 0.05) is 11.4 Å². The van der Waals surface area contributed by atoms with Crippen LogP contribution in [-0.4, -0.2) is 5.33 Å². The molecule has 0 rings (SSSR count). The van der Waals surface area contributed by atoms with Crippen molar-refractivity contribution in [1.29, 1.82) is 5.26 Å². The Bertz CT molecular complexity index is 110. The summed E-state index contributed by atoms with van der Waals surface area (Å²) >= 11 is 3.20. The number of halogens is 1. The first kappa shape index (κ1) is 6.71. The van der Waals surface area contributed by atoms with Crippen molar-refractivity contribution in [2.75, 3.05) is 5.33 Å². The molecule has 38 valence electrons. The van der Waals surface area contributed by atoms with Crippen LogP contribution in [0.3, 0.4) is 0 Å². The molecule has 0 heterocycles. The molecule has 0 aromatic carbocycles. The molecule has 0 aromatic heterocycles. The van der Waals surface area contributed by atoms with Crippen molar-refractivity contribution in [1.82, 2.24) is 0 Å². The van der Waals surface area contributed by atoms with Gasteiger partial charge in [0.25, 0.3) is 0 Å². The van der Waals surface area contributed by atoms with E-state index in [-0.39, 0.29) is 0 Å². The van der Waals surface area contributed by atoms with E-state index in [1.165, 1.54) is 6.08 Å². The van der Waals surface area contributed by atoms with Crippen LogP contribution in [0.2, 0.25) is 0 Å². The minimum Gasteiger partial charge on any atom is -0.193 e. The molecule has 1 nitrogen and oxygen atoms in total. The second-order valence-corrected chi connectivity index (χ2v) is 1.81. The zero-order chi connectivity index (χ0) is 5.70. The molecule has 0 atom stereocenters. The van der Waals surface area contributed by atoms with E-state index in [1.807, 2.05) is 13.0 Å². The summed E-state index contributed by atoms with van der Waals surface area (Å²) in [5, 5.41) is 8.81. The van der Waals surface area contributed by atoms with E-state index in [9.17, 15) is 0 Å². The smallest absolute Gasteiger partial charge is 0.0911 e. The fourth-order valence-electron chi connectivity index (χ4n) is 0.149. The Morgan fingerprint density at radius 2 is 2.57 bits per heavy atom. The van der Waals surface area contributed by atoms with E-state index in [4.69, 9.17) is 5.26 Å². The Kier molecular flexibility index (Phi) is 3.72. The van der Waals surface area contributed by atoms with Crippen LogP contribution in [0.4, 0.5) is 0 Å². The number of nitrogens with zero attached hydrogens (tertiary/aromatic N) is 1. The van der Waals surface area contributed by atoms with Gasteiger partial charge in [-0.2, -0.15) is 5.26 Å². The summed E-state index contributed by atoms with van der Waals surface area (Å²) in [5.74, 6) is 0. The van der Waals surface area contributed by atoms with Gasteiger partial charge in [-0.3, -0.25) is 0 Å². The van der Waals surface area contributed by atoms with E-state index >= 15 is 0 Å².